The first-order valence-corrected chi connectivity index (χ1v) is 14.6. The molecule has 0 radical (unpaired) electrons. The van der Waals surface area contributed by atoms with E-state index < -0.39 is 28.5 Å². The molecule has 3 rings (SSSR count). The molecule has 0 heterocycles. The Morgan fingerprint density at radius 3 is 2.39 bits per heavy atom. The maximum atomic E-state index is 13.7. The molecule has 2 amide bonds. The van der Waals surface area contributed by atoms with E-state index in [1.165, 1.54) is 11.3 Å². The molecule has 9 heteroatoms. The Balaban J connectivity index is 1.90. The monoisotopic (exact) mass is 533 g/mol. The molecular weight excluding hydrogens is 498 g/mol. The molecule has 1 N–H and O–H groups in total. The van der Waals surface area contributed by atoms with E-state index in [4.69, 9.17) is 11.6 Å². The van der Waals surface area contributed by atoms with Gasteiger partial charge < -0.3 is 10.2 Å². The van der Waals surface area contributed by atoms with E-state index in [1.54, 1.807) is 32.0 Å². The number of sulfonamides is 1. The maximum absolute atomic E-state index is 13.7. The van der Waals surface area contributed by atoms with Gasteiger partial charge in [0.2, 0.25) is 21.8 Å². The zero-order valence-electron chi connectivity index (χ0n) is 21.5. The van der Waals surface area contributed by atoms with Crippen LogP contribution in [-0.4, -0.2) is 50.0 Å². The number of anilines is 1. The predicted molar refractivity (Wildman–Crippen MR) is 145 cm³/mol. The number of hydrogen-bond acceptors (Lipinski definition) is 4. The highest BCUT2D eigenvalue weighted by molar-refractivity contribution is 7.92. The minimum atomic E-state index is -3.81. The van der Waals surface area contributed by atoms with Crippen LogP contribution in [0.25, 0.3) is 0 Å². The zero-order chi connectivity index (χ0) is 26.5. The molecule has 1 atom stereocenters. The molecule has 0 bridgehead atoms. The van der Waals surface area contributed by atoms with Crippen LogP contribution in [0.1, 0.15) is 55.7 Å². The average Bonchev–Trinajstić information content (AvgIpc) is 2.82. The summed E-state index contributed by atoms with van der Waals surface area (Å²) in [6.45, 7) is 5.12. The lowest BCUT2D eigenvalue weighted by Gasteiger charge is -2.33. The second-order valence-electron chi connectivity index (χ2n) is 9.68. The van der Waals surface area contributed by atoms with Crippen molar-refractivity contribution in [3.63, 3.8) is 0 Å². The molecule has 2 aromatic rings. The van der Waals surface area contributed by atoms with E-state index in [0.717, 1.165) is 47.4 Å². The smallest absolute Gasteiger partial charge is 0.244 e. The summed E-state index contributed by atoms with van der Waals surface area (Å²) >= 11 is 6.24. The van der Waals surface area contributed by atoms with Gasteiger partial charge in [-0.05, 0) is 56.9 Å². The van der Waals surface area contributed by atoms with Gasteiger partial charge in [-0.1, -0.05) is 66.8 Å². The van der Waals surface area contributed by atoms with Gasteiger partial charge in [0.1, 0.15) is 12.6 Å². The van der Waals surface area contributed by atoms with Crippen LogP contribution in [0.4, 0.5) is 5.69 Å². The Kier molecular flexibility index (Phi) is 9.41. The largest absolute Gasteiger partial charge is 0.352 e. The van der Waals surface area contributed by atoms with Gasteiger partial charge in [-0.25, -0.2) is 8.42 Å². The lowest BCUT2D eigenvalue weighted by Crippen LogP contribution is -2.53. The van der Waals surface area contributed by atoms with Crippen molar-refractivity contribution in [3.05, 3.63) is 64.2 Å². The molecule has 36 heavy (non-hydrogen) atoms. The Hall–Kier alpha value is -2.58. The number of halogens is 1. The number of amides is 2. The van der Waals surface area contributed by atoms with Crippen molar-refractivity contribution < 1.29 is 18.0 Å². The first kappa shape index (κ1) is 28.0. The van der Waals surface area contributed by atoms with Crippen LogP contribution in [-0.2, 0) is 26.2 Å². The Bertz CT molecular complexity index is 1200. The van der Waals surface area contributed by atoms with Gasteiger partial charge in [-0.3, -0.25) is 13.9 Å². The molecule has 7 nitrogen and oxygen atoms in total. The molecule has 1 aliphatic rings. The Labute approximate surface area is 219 Å². The van der Waals surface area contributed by atoms with E-state index >= 15 is 0 Å². The van der Waals surface area contributed by atoms with Gasteiger partial charge >= 0.3 is 0 Å². The molecule has 0 saturated heterocycles. The number of carbonyl (C=O) groups excluding carboxylic acids is 2. The molecule has 0 unspecified atom stereocenters. The number of aryl methyl sites for hydroxylation is 1. The molecule has 1 saturated carbocycles. The highest BCUT2D eigenvalue weighted by atomic mass is 35.5. The number of carbonyl (C=O) groups is 2. The molecule has 1 aliphatic carbocycles. The van der Waals surface area contributed by atoms with E-state index in [9.17, 15) is 18.0 Å². The quantitative estimate of drug-likeness (QED) is 0.511. The van der Waals surface area contributed by atoms with E-state index in [2.05, 4.69) is 5.32 Å². The van der Waals surface area contributed by atoms with Crippen molar-refractivity contribution >= 4 is 39.1 Å². The summed E-state index contributed by atoms with van der Waals surface area (Å²) < 4.78 is 26.6. The van der Waals surface area contributed by atoms with Crippen molar-refractivity contribution in [2.45, 2.75) is 71.5 Å². The van der Waals surface area contributed by atoms with Gasteiger partial charge in [0.15, 0.2) is 0 Å². The fraction of sp³-hybridized carbons (Fsp3) is 0.481. The van der Waals surface area contributed by atoms with Crippen molar-refractivity contribution in [1.29, 1.82) is 0 Å². The van der Waals surface area contributed by atoms with E-state index in [1.807, 2.05) is 31.2 Å². The fourth-order valence-corrected chi connectivity index (χ4v) is 5.69. The number of hydrogen-bond donors (Lipinski definition) is 1. The summed E-state index contributed by atoms with van der Waals surface area (Å²) in [5.74, 6) is -0.694. The number of rotatable bonds is 9. The van der Waals surface area contributed by atoms with E-state index in [0.29, 0.717) is 16.3 Å². The summed E-state index contributed by atoms with van der Waals surface area (Å²) in [5.41, 5.74) is 2.80. The maximum Gasteiger partial charge on any atom is 0.244 e. The second kappa shape index (κ2) is 12.1. The molecule has 0 aliphatic heterocycles. The highest BCUT2D eigenvalue weighted by Gasteiger charge is 2.31. The van der Waals surface area contributed by atoms with Crippen LogP contribution in [0.15, 0.2) is 42.5 Å². The highest BCUT2D eigenvalue weighted by Crippen LogP contribution is 2.28. The minimum absolute atomic E-state index is 0.103. The third kappa shape index (κ3) is 7.23. The SMILES string of the molecule is Cc1cccc(CN(C(=O)CN(c2cccc(Cl)c2C)S(C)(=O)=O)[C@H](C)C(=O)NC2CCCCC2)c1. The predicted octanol–water partition coefficient (Wildman–Crippen LogP) is 4.59. The minimum Gasteiger partial charge on any atom is -0.352 e. The van der Waals surface area contributed by atoms with Gasteiger partial charge in [0.05, 0.1) is 11.9 Å². The Morgan fingerprint density at radius 2 is 1.75 bits per heavy atom. The van der Waals surface area contributed by atoms with Crippen LogP contribution in [0.3, 0.4) is 0 Å². The molecule has 0 spiro atoms. The number of benzene rings is 2. The summed E-state index contributed by atoms with van der Waals surface area (Å²) in [6.07, 6.45) is 6.25. The summed E-state index contributed by atoms with van der Waals surface area (Å²) in [6, 6.07) is 12.0. The molecule has 196 valence electrons. The normalized spacial score (nSPS) is 15.2. The average molecular weight is 534 g/mol. The molecule has 2 aromatic carbocycles. The van der Waals surface area contributed by atoms with Crippen LogP contribution in [0.2, 0.25) is 5.02 Å². The van der Waals surface area contributed by atoms with Crippen molar-refractivity contribution in [2.75, 3.05) is 17.1 Å². The summed E-state index contributed by atoms with van der Waals surface area (Å²) in [4.78, 5) is 28.4. The van der Waals surface area contributed by atoms with Crippen molar-refractivity contribution in [3.8, 4) is 0 Å². The number of nitrogens with one attached hydrogen (secondary N) is 1. The van der Waals surface area contributed by atoms with Crippen LogP contribution < -0.4 is 9.62 Å². The van der Waals surface area contributed by atoms with Crippen LogP contribution in [0, 0.1) is 13.8 Å². The molecule has 1 fully saturated rings. The lowest BCUT2D eigenvalue weighted by atomic mass is 9.95. The summed E-state index contributed by atoms with van der Waals surface area (Å²) in [5, 5.41) is 3.51. The topological polar surface area (TPSA) is 86.8 Å². The van der Waals surface area contributed by atoms with Crippen molar-refractivity contribution in [1.82, 2.24) is 10.2 Å². The third-order valence-corrected chi connectivity index (χ3v) is 8.28. The molecular formula is C27H36ClN3O4S. The van der Waals surface area contributed by atoms with Gasteiger partial charge in [0, 0.05) is 17.6 Å². The van der Waals surface area contributed by atoms with Gasteiger partial charge in [-0.15, -0.1) is 0 Å². The number of nitrogens with zero attached hydrogens (tertiary/aromatic N) is 2. The van der Waals surface area contributed by atoms with E-state index in [-0.39, 0.29) is 18.5 Å². The third-order valence-electron chi connectivity index (χ3n) is 6.74. The fourth-order valence-electron chi connectivity index (χ4n) is 4.62. The van der Waals surface area contributed by atoms with Crippen molar-refractivity contribution in [2.24, 2.45) is 0 Å². The van der Waals surface area contributed by atoms with Crippen LogP contribution >= 0.6 is 11.6 Å². The summed E-state index contributed by atoms with van der Waals surface area (Å²) in [7, 11) is -3.81. The zero-order valence-corrected chi connectivity index (χ0v) is 23.0. The van der Waals surface area contributed by atoms with Gasteiger partial charge in [0.25, 0.3) is 0 Å². The molecule has 0 aromatic heterocycles. The first-order chi connectivity index (χ1) is 17.0. The lowest BCUT2D eigenvalue weighted by molar-refractivity contribution is -0.139. The first-order valence-electron chi connectivity index (χ1n) is 12.4. The Morgan fingerprint density at radius 1 is 1.08 bits per heavy atom. The second-order valence-corrected chi connectivity index (χ2v) is 12.0. The van der Waals surface area contributed by atoms with Crippen LogP contribution in [0.5, 0.6) is 0 Å². The standard InChI is InChI=1S/C27H36ClN3O4S/c1-19-10-8-11-22(16-19)17-30(21(3)27(33)29-23-12-6-5-7-13-23)26(32)18-31(36(4,34)35)25-15-9-14-24(28)20(25)2/h8-11,14-16,21,23H,5-7,12-13,17-18H2,1-4H3,(H,29,33)/t21-/m1/s1. The van der Waals surface area contributed by atoms with Gasteiger partial charge in [-0.2, -0.15) is 0 Å².